The minimum Gasteiger partial charge on any atom is -0.497 e. The van der Waals surface area contributed by atoms with E-state index in [-0.39, 0.29) is 4.83 Å². The van der Waals surface area contributed by atoms with Gasteiger partial charge in [-0.15, -0.1) is 0 Å². The molecule has 0 bridgehead atoms. The van der Waals surface area contributed by atoms with Crippen LogP contribution in [0.3, 0.4) is 0 Å². The van der Waals surface area contributed by atoms with Crippen LogP contribution in [0.4, 0.5) is 0 Å². The van der Waals surface area contributed by atoms with Crippen LogP contribution in [0.2, 0.25) is 0 Å². The average molecular weight is 283 g/mol. The van der Waals surface area contributed by atoms with Crippen molar-refractivity contribution in [2.24, 2.45) is 5.92 Å². The Morgan fingerprint density at radius 3 is 2.56 bits per heavy atom. The molecule has 1 aromatic rings. The average Bonchev–Trinajstić information content (AvgIpc) is 3.13. The van der Waals surface area contributed by atoms with E-state index in [2.05, 4.69) is 15.9 Å². The summed E-state index contributed by atoms with van der Waals surface area (Å²) in [6.45, 7) is 0. The lowest BCUT2D eigenvalue weighted by Gasteiger charge is -2.08. The molecular weight excluding hydrogens is 268 g/mol. The second-order valence-electron chi connectivity index (χ2n) is 4.20. The molecule has 0 amide bonds. The molecule has 1 aliphatic rings. The van der Waals surface area contributed by atoms with Crippen molar-refractivity contribution in [3.05, 3.63) is 29.8 Å². The monoisotopic (exact) mass is 282 g/mol. The van der Waals surface area contributed by atoms with Crippen molar-refractivity contribution < 1.29 is 9.53 Å². The van der Waals surface area contributed by atoms with E-state index in [4.69, 9.17) is 4.74 Å². The van der Waals surface area contributed by atoms with Crippen molar-refractivity contribution in [2.45, 2.75) is 24.1 Å². The molecule has 1 fully saturated rings. The molecule has 0 saturated heterocycles. The fourth-order valence-electron chi connectivity index (χ4n) is 1.69. The third-order valence-electron chi connectivity index (χ3n) is 2.86. The highest BCUT2D eigenvalue weighted by molar-refractivity contribution is 9.10. The summed E-state index contributed by atoms with van der Waals surface area (Å²) in [6, 6.07) is 7.87. The smallest absolute Gasteiger partial charge is 0.149 e. The molecule has 1 saturated carbocycles. The van der Waals surface area contributed by atoms with Crippen LogP contribution in [0.15, 0.2) is 24.3 Å². The highest BCUT2D eigenvalue weighted by Crippen LogP contribution is 2.33. The summed E-state index contributed by atoms with van der Waals surface area (Å²) < 4.78 is 5.09. The van der Waals surface area contributed by atoms with Crippen LogP contribution in [-0.4, -0.2) is 17.7 Å². The number of carbonyl (C=O) groups is 1. The van der Waals surface area contributed by atoms with Gasteiger partial charge in [0.15, 0.2) is 0 Å². The first-order valence-corrected chi connectivity index (χ1v) is 6.43. The van der Waals surface area contributed by atoms with E-state index < -0.39 is 0 Å². The summed E-state index contributed by atoms with van der Waals surface area (Å²) in [5.41, 5.74) is 1.16. The lowest BCUT2D eigenvalue weighted by Crippen LogP contribution is -2.18. The van der Waals surface area contributed by atoms with E-state index in [0.717, 1.165) is 30.6 Å². The molecule has 0 N–H and O–H groups in total. The summed E-state index contributed by atoms with van der Waals surface area (Å²) in [6.07, 6.45) is 2.91. The summed E-state index contributed by atoms with van der Waals surface area (Å²) >= 11 is 3.48. The van der Waals surface area contributed by atoms with Crippen LogP contribution in [0, 0.1) is 5.92 Å². The van der Waals surface area contributed by atoms with E-state index in [0.29, 0.717) is 11.7 Å². The van der Waals surface area contributed by atoms with E-state index in [9.17, 15) is 4.79 Å². The first-order chi connectivity index (χ1) is 7.70. The molecule has 0 spiro atoms. The van der Waals surface area contributed by atoms with Crippen molar-refractivity contribution in [3.63, 3.8) is 0 Å². The third-order valence-corrected chi connectivity index (χ3v) is 3.64. The van der Waals surface area contributed by atoms with E-state index >= 15 is 0 Å². The van der Waals surface area contributed by atoms with Crippen molar-refractivity contribution in [3.8, 4) is 5.75 Å². The number of halogens is 1. The number of alkyl halides is 1. The van der Waals surface area contributed by atoms with Gasteiger partial charge in [-0.05, 0) is 37.0 Å². The number of ketones is 1. The number of methoxy groups -OCH3 is 1. The molecule has 0 aliphatic heterocycles. The molecule has 2 rings (SSSR count). The number of rotatable bonds is 5. The second-order valence-corrected chi connectivity index (χ2v) is 5.30. The molecule has 3 heteroatoms. The Morgan fingerprint density at radius 2 is 2.06 bits per heavy atom. The normalized spacial score (nSPS) is 16.9. The Kier molecular flexibility index (Phi) is 3.64. The summed E-state index contributed by atoms with van der Waals surface area (Å²) in [4.78, 5) is 11.7. The summed E-state index contributed by atoms with van der Waals surface area (Å²) in [7, 11) is 1.65. The van der Waals surface area contributed by atoms with Crippen LogP contribution in [0.1, 0.15) is 18.4 Å². The Labute approximate surface area is 104 Å². The van der Waals surface area contributed by atoms with Gasteiger partial charge in [-0.2, -0.15) is 0 Å². The first-order valence-electron chi connectivity index (χ1n) is 5.51. The van der Waals surface area contributed by atoms with Crippen LogP contribution >= 0.6 is 15.9 Å². The van der Waals surface area contributed by atoms with Crippen molar-refractivity contribution in [1.82, 2.24) is 0 Å². The van der Waals surface area contributed by atoms with Gasteiger partial charge in [0.05, 0.1) is 11.9 Å². The van der Waals surface area contributed by atoms with Gasteiger partial charge < -0.3 is 4.74 Å². The molecule has 0 heterocycles. The largest absolute Gasteiger partial charge is 0.497 e. The fraction of sp³-hybridized carbons (Fsp3) is 0.462. The zero-order valence-electron chi connectivity index (χ0n) is 9.28. The number of hydrogen-bond donors (Lipinski definition) is 0. The van der Waals surface area contributed by atoms with Crippen molar-refractivity contribution in [2.75, 3.05) is 7.11 Å². The zero-order chi connectivity index (χ0) is 11.5. The number of carbonyl (C=O) groups excluding carboxylic acids is 1. The SMILES string of the molecule is COc1ccc(CC(Br)C(=O)C2CC2)cc1. The highest BCUT2D eigenvalue weighted by atomic mass is 79.9. The van der Waals surface area contributed by atoms with Gasteiger partial charge in [0.25, 0.3) is 0 Å². The third kappa shape index (κ3) is 2.85. The predicted molar refractivity (Wildman–Crippen MR) is 67.1 cm³/mol. The molecule has 16 heavy (non-hydrogen) atoms. The van der Waals surface area contributed by atoms with Gasteiger partial charge in [-0.25, -0.2) is 0 Å². The highest BCUT2D eigenvalue weighted by Gasteiger charge is 2.33. The molecular formula is C13H15BrO2. The van der Waals surface area contributed by atoms with Gasteiger partial charge in [-0.1, -0.05) is 28.1 Å². The van der Waals surface area contributed by atoms with Crippen LogP contribution in [0.25, 0.3) is 0 Å². The lowest BCUT2D eigenvalue weighted by atomic mass is 10.1. The molecule has 1 unspecified atom stereocenters. The minimum absolute atomic E-state index is 0.0339. The molecule has 86 valence electrons. The van der Waals surface area contributed by atoms with Crippen LogP contribution in [0.5, 0.6) is 5.75 Å². The Morgan fingerprint density at radius 1 is 1.44 bits per heavy atom. The van der Waals surface area contributed by atoms with Crippen molar-refractivity contribution >= 4 is 21.7 Å². The maximum atomic E-state index is 11.8. The van der Waals surface area contributed by atoms with Gasteiger partial charge in [0, 0.05) is 5.92 Å². The fourth-order valence-corrected chi connectivity index (χ4v) is 2.44. The lowest BCUT2D eigenvalue weighted by molar-refractivity contribution is -0.119. The van der Waals surface area contributed by atoms with Gasteiger partial charge in [0.1, 0.15) is 11.5 Å². The minimum atomic E-state index is -0.0339. The van der Waals surface area contributed by atoms with Gasteiger partial charge in [0.2, 0.25) is 0 Å². The summed E-state index contributed by atoms with van der Waals surface area (Å²) in [5.74, 6) is 1.53. The number of ether oxygens (including phenoxy) is 1. The number of hydrogen-bond acceptors (Lipinski definition) is 2. The molecule has 0 radical (unpaired) electrons. The van der Waals surface area contributed by atoms with Gasteiger partial charge >= 0.3 is 0 Å². The molecule has 1 aliphatic carbocycles. The van der Waals surface area contributed by atoms with Crippen LogP contribution < -0.4 is 4.74 Å². The van der Waals surface area contributed by atoms with Gasteiger partial charge in [-0.3, -0.25) is 4.79 Å². The standard InChI is InChI=1S/C13H15BrO2/c1-16-11-6-2-9(3-7-11)8-12(14)13(15)10-4-5-10/h2-3,6-7,10,12H,4-5,8H2,1H3. The first kappa shape index (κ1) is 11.6. The predicted octanol–water partition coefficient (Wildman–Crippen LogP) is 2.98. The van der Waals surface area contributed by atoms with E-state index in [1.165, 1.54) is 0 Å². The van der Waals surface area contributed by atoms with Crippen molar-refractivity contribution in [1.29, 1.82) is 0 Å². The quantitative estimate of drug-likeness (QED) is 0.776. The Hall–Kier alpha value is -0.830. The zero-order valence-corrected chi connectivity index (χ0v) is 10.9. The maximum Gasteiger partial charge on any atom is 0.149 e. The number of Topliss-reactive ketones (excluding diaryl/α,β-unsaturated/α-hetero) is 1. The molecule has 2 nitrogen and oxygen atoms in total. The molecule has 1 aromatic carbocycles. The Balaban J connectivity index is 1.94. The maximum absolute atomic E-state index is 11.8. The topological polar surface area (TPSA) is 26.3 Å². The van der Waals surface area contributed by atoms with E-state index in [1.807, 2.05) is 24.3 Å². The molecule has 0 aromatic heterocycles. The van der Waals surface area contributed by atoms with E-state index in [1.54, 1.807) is 7.11 Å². The second kappa shape index (κ2) is 5.00. The Bertz CT molecular complexity index is 368. The summed E-state index contributed by atoms with van der Waals surface area (Å²) in [5, 5.41) is 0. The number of benzene rings is 1. The van der Waals surface area contributed by atoms with Crippen LogP contribution in [-0.2, 0) is 11.2 Å². The molecule has 1 atom stereocenters.